The lowest BCUT2D eigenvalue weighted by atomic mass is 9.95. The molecule has 0 aliphatic heterocycles. The van der Waals surface area contributed by atoms with Gasteiger partial charge in [-0.05, 0) is 24.6 Å². The molecule has 0 spiro atoms. The first-order chi connectivity index (χ1) is 5.95. The maximum atomic E-state index is 9.13. The largest absolute Gasteiger partial charge is 0.508 e. The Labute approximate surface area is 75.8 Å². The number of nitriles is 1. The van der Waals surface area contributed by atoms with Gasteiger partial charge in [-0.25, -0.2) is 0 Å². The van der Waals surface area contributed by atoms with Gasteiger partial charge in [0, 0.05) is 6.07 Å². The molecular weight excluding hydrogens is 168 g/mol. The highest BCUT2D eigenvalue weighted by Crippen LogP contribution is 2.26. The Morgan fingerprint density at radius 2 is 1.77 bits per heavy atom. The van der Waals surface area contributed by atoms with E-state index >= 15 is 0 Å². The van der Waals surface area contributed by atoms with Crippen LogP contribution >= 0.6 is 0 Å². The molecule has 0 fully saturated rings. The molecule has 0 amide bonds. The van der Waals surface area contributed by atoms with Crippen molar-refractivity contribution in [3.8, 4) is 17.6 Å². The molecule has 0 aromatic heterocycles. The summed E-state index contributed by atoms with van der Waals surface area (Å²) in [6, 6.07) is 5.75. The minimum absolute atomic E-state index is 0.109. The van der Waals surface area contributed by atoms with Crippen molar-refractivity contribution in [2.45, 2.75) is 12.5 Å². The van der Waals surface area contributed by atoms with Crippen LogP contribution in [0.25, 0.3) is 0 Å². The lowest BCUT2D eigenvalue weighted by Crippen LogP contribution is -2.30. The molecule has 13 heavy (non-hydrogen) atoms. The Morgan fingerprint density at radius 3 is 2.15 bits per heavy atom. The van der Waals surface area contributed by atoms with Crippen molar-refractivity contribution in [2.75, 3.05) is 0 Å². The van der Waals surface area contributed by atoms with Gasteiger partial charge in [0.2, 0.25) is 0 Å². The van der Waals surface area contributed by atoms with Crippen molar-refractivity contribution in [1.82, 2.24) is 0 Å². The highest BCUT2D eigenvalue weighted by Gasteiger charge is 2.21. The lowest BCUT2D eigenvalue weighted by Gasteiger charge is -2.15. The second kappa shape index (κ2) is 2.96. The summed E-state index contributed by atoms with van der Waals surface area (Å²) in [6.45, 7) is 1.50. The maximum Gasteiger partial charge on any atom is 0.127 e. The zero-order chi connectivity index (χ0) is 10.1. The van der Waals surface area contributed by atoms with E-state index in [1.54, 1.807) is 0 Å². The number of phenols is 2. The monoisotopic (exact) mass is 178 g/mol. The molecule has 0 radical (unpaired) electrons. The number of nitrogens with zero attached hydrogens (tertiary/aromatic N) is 1. The fourth-order valence-electron chi connectivity index (χ4n) is 0.960. The number of benzene rings is 1. The molecule has 4 N–H and O–H groups in total. The van der Waals surface area contributed by atoms with Gasteiger partial charge in [-0.2, -0.15) is 5.26 Å². The van der Waals surface area contributed by atoms with Crippen molar-refractivity contribution in [3.63, 3.8) is 0 Å². The topological polar surface area (TPSA) is 90.3 Å². The van der Waals surface area contributed by atoms with Gasteiger partial charge in [-0.1, -0.05) is 0 Å². The SMILES string of the molecule is C[C@@](N)(C#N)c1cc(O)cc(O)c1. The fourth-order valence-corrected chi connectivity index (χ4v) is 0.960. The van der Waals surface area contributed by atoms with Gasteiger partial charge in [0.25, 0.3) is 0 Å². The van der Waals surface area contributed by atoms with Gasteiger partial charge in [0.1, 0.15) is 17.0 Å². The number of nitrogens with two attached hydrogens (primary N) is 1. The van der Waals surface area contributed by atoms with Crippen LogP contribution in [0.1, 0.15) is 12.5 Å². The Kier molecular flexibility index (Phi) is 2.13. The third-order valence-electron chi connectivity index (χ3n) is 1.73. The van der Waals surface area contributed by atoms with Crippen LogP contribution in [0.15, 0.2) is 18.2 Å². The highest BCUT2D eigenvalue weighted by atomic mass is 16.3. The molecule has 1 rings (SSSR count). The normalized spacial score (nSPS) is 14.5. The average molecular weight is 178 g/mol. The Hall–Kier alpha value is -1.73. The van der Waals surface area contributed by atoms with Crippen LogP contribution in [-0.2, 0) is 5.54 Å². The van der Waals surface area contributed by atoms with E-state index in [4.69, 9.17) is 21.2 Å². The third-order valence-corrected chi connectivity index (χ3v) is 1.73. The van der Waals surface area contributed by atoms with Crippen LogP contribution in [-0.4, -0.2) is 10.2 Å². The van der Waals surface area contributed by atoms with Crippen LogP contribution < -0.4 is 5.73 Å². The van der Waals surface area contributed by atoms with Gasteiger partial charge in [0.05, 0.1) is 6.07 Å². The summed E-state index contributed by atoms with van der Waals surface area (Å²) in [5, 5.41) is 26.9. The first-order valence-electron chi connectivity index (χ1n) is 3.69. The quantitative estimate of drug-likeness (QED) is 0.593. The molecule has 0 saturated heterocycles. The van der Waals surface area contributed by atoms with Gasteiger partial charge < -0.3 is 15.9 Å². The summed E-state index contributed by atoms with van der Waals surface area (Å²) in [5.41, 5.74) is 4.78. The molecule has 0 unspecified atom stereocenters. The van der Waals surface area contributed by atoms with Crippen molar-refractivity contribution in [1.29, 1.82) is 5.26 Å². The molecule has 4 heteroatoms. The lowest BCUT2D eigenvalue weighted by molar-refractivity contribution is 0.446. The van der Waals surface area contributed by atoms with E-state index in [1.165, 1.54) is 25.1 Å². The average Bonchev–Trinajstić information content (AvgIpc) is 2.02. The minimum atomic E-state index is -1.20. The van der Waals surface area contributed by atoms with Gasteiger partial charge in [-0.3, -0.25) is 0 Å². The molecular formula is C9H10N2O2. The third kappa shape index (κ3) is 1.89. The zero-order valence-corrected chi connectivity index (χ0v) is 7.15. The molecule has 68 valence electrons. The molecule has 1 aromatic rings. The fraction of sp³-hybridized carbons (Fsp3) is 0.222. The van der Waals surface area contributed by atoms with Crippen molar-refractivity contribution < 1.29 is 10.2 Å². The Balaban J connectivity index is 3.25. The van der Waals surface area contributed by atoms with Crippen LogP contribution in [0.2, 0.25) is 0 Å². The predicted molar refractivity (Wildman–Crippen MR) is 46.9 cm³/mol. The number of hydrogen-bond acceptors (Lipinski definition) is 4. The van der Waals surface area contributed by atoms with Crippen LogP contribution in [0.3, 0.4) is 0 Å². The van der Waals surface area contributed by atoms with Gasteiger partial charge in [-0.15, -0.1) is 0 Å². The second-order valence-corrected chi connectivity index (χ2v) is 3.05. The van der Waals surface area contributed by atoms with E-state index in [-0.39, 0.29) is 11.5 Å². The number of phenolic OH excluding ortho intramolecular Hbond substituents is 2. The van der Waals surface area contributed by atoms with E-state index in [0.29, 0.717) is 5.56 Å². The first kappa shape index (κ1) is 9.36. The summed E-state index contributed by atoms with van der Waals surface area (Å²) < 4.78 is 0. The molecule has 0 saturated carbocycles. The first-order valence-corrected chi connectivity index (χ1v) is 3.69. The molecule has 0 aliphatic carbocycles. The van der Waals surface area contributed by atoms with Crippen LogP contribution in [0.5, 0.6) is 11.5 Å². The van der Waals surface area contributed by atoms with Crippen molar-refractivity contribution >= 4 is 0 Å². The molecule has 0 heterocycles. The van der Waals surface area contributed by atoms with E-state index in [2.05, 4.69) is 0 Å². The van der Waals surface area contributed by atoms with Crippen molar-refractivity contribution in [3.05, 3.63) is 23.8 Å². The Morgan fingerprint density at radius 1 is 1.31 bits per heavy atom. The van der Waals surface area contributed by atoms with Crippen LogP contribution in [0.4, 0.5) is 0 Å². The highest BCUT2D eigenvalue weighted by molar-refractivity contribution is 5.42. The van der Waals surface area contributed by atoms with E-state index in [1.807, 2.05) is 6.07 Å². The minimum Gasteiger partial charge on any atom is -0.508 e. The van der Waals surface area contributed by atoms with Crippen molar-refractivity contribution in [2.24, 2.45) is 5.73 Å². The summed E-state index contributed by atoms with van der Waals surface area (Å²) in [5.74, 6) is -0.219. The molecule has 1 atom stereocenters. The number of aromatic hydroxyl groups is 2. The Bertz CT molecular complexity index is 346. The molecule has 1 aromatic carbocycles. The number of hydrogen-bond donors (Lipinski definition) is 3. The van der Waals surface area contributed by atoms with E-state index in [0.717, 1.165) is 0 Å². The summed E-state index contributed by atoms with van der Waals surface area (Å²) in [6.07, 6.45) is 0. The summed E-state index contributed by atoms with van der Waals surface area (Å²) >= 11 is 0. The second-order valence-electron chi connectivity index (χ2n) is 3.05. The standard InChI is InChI=1S/C9H10N2O2/c1-9(11,5-10)6-2-7(12)4-8(13)3-6/h2-4,12-13H,11H2,1H3/t9-/m1/s1. The van der Waals surface area contributed by atoms with E-state index in [9.17, 15) is 0 Å². The molecule has 0 aliphatic rings. The summed E-state index contributed by atoms with van der Waals surface area (Å²) in [7, 11) is 0. The molecule has 4 nitrogen and oxygen atoms in total. The van der Waals surface area contributed by atoms with Gasteiger partial charge >= 0.3 is 0 Å². The number of rotatable bonds is 1. The van der Waals surface area contributed by atoms with Gasteiger partial charge in [0.15, 0.2) is 0 Å². The zero-order valence-electron chi connectivity index (χ0n) is 7.15. The summed E-state index contributed by atoms with van der Waals surface area (Å²) in [4.78, 5) is 0. The maximum absolute atomic E-state index is 9.13. The smallest absolute Gasteiger partial charge is 0.127 e. The van der Waals surface area contributed by atoms with E-state index < -0.39 is 5.54 Å². The van der Waals surface area contributed by atoms with Crippen LogP contribution in [0, 0.1) is 11.3 Å². The molecule has 0 bridgehead atoms. The predicted octanol–water partition coefficient (Wildman–Crippen LogP) is 0.795.